The second-order valence-electron chi connectivity index (χ2n) is 3.52. The molecule has 17 heavy (non-hydrogen) atoms. The van der Waals surface area contributed by atoms with E-state index in [-0.39, 0.29) is 18.7 Å². The molecule has 92 valence electrons. The molecule has 0 aliphatic rings. The van der Waals surface area contributed by atoms with Crippen LogP contribution in [0.1, 0.15) is 19.3 Å². The standard InChI is InChI=1S/C12H15NO4/c1-17-10-7-5-9(6-8-10)13-11(14)3-2-4-12(15)16/h5-8H,2-4H2,1H3,(H,13,14)(H,15,16). The molecule has 0 saturated heterocycles. The van der Waals surface area contributed by atoms with Crippen LogP contribution in [0, 0.1) is 0 Å². The maximum absolute atomic E-state index is 11.4. The lowest BCUT2D eigenvalue weighted by atomic mass is 10.2. The van der Waals surface area contributed by atoms with Crippen molar-refractivity contribution in [2.75, 3.05) is 12.4 Å². The average molecular weight is 237 g/mol. The second-order valence-corrected chi connectivity index (χ2v) is 3.52. The molecule has 0 atom stereocenters. The minimum Gasteiger partial charge on any atom is -0.497 e. The molecule has 0 saturated carbocycles. The Labute approximate surface area is 99.4 Å². The number of benzene rings is 1. The molecule has 0 aliphatic heterocycles. The molecular formula is C12H15NO4. The van der Waals surface area contributed by atoms with E-state index in [9.17, 15) is 9.59 Å². The normalized spacial score (nSPS) is 9.71. The Morgan fingerprint density at radius 2 is 1.88 bits per heavy atom. The maximum atomic E-state index is 11.4. The minimum atomic E-state index is -0.887. The summed E-state index contributed by atoms with van der Waals surface area (Å²) in [6.45, 7) is 0. The Hall–Kier alpha value is -2.04. The number of carboxylic acids is 1. The highest BCUT2D eigenvalue weighted by Crippen LogP contribution is 2.15. The molecule has 0 fully saturated rings. The molecule has 0 aromatic heterocycles. The molecule has 5 nitrogen and oxygen atoms in total. The van der Waals surface area contributed by atoms with E-state index in [1.54, 1.807) is 31.4 Å². The summed E-state index contributed by atoms with van der Waals surface area (Å²) in [7, 11) is 1.57. The van der Waals surface area contributed by atoms with Crippen LogP contribution < -0.4 is 10.1 Å². The summed E-state index contributed by atoms with van der Waals surface area (Å²) in [6.07, 6.45) is 0.561. The Kier molecular flexibility index (Phi) is 5.00. The van der Waals surface area contributed by atoms with E-state index in [1.165, 1.54) is 0 Å². The van der Waals surface area contributed by atoms with Crippen LogP contribution in [0.4, 0.5) is 5.69 Å². The van der Waals surface area contributed by atoms with E-state index in [1.807, 2.05) is 0 Å². The van der Waals surface area contributed by atoms with Gasteiger partial charge < -0.3 is 15.2 Å². The molecular weight excluding hydrogens is 222 g/mol. The number of nitrogens with one attached hydrogen (secondary N) is 1. The van der Waals surface area contributed by atoms with E-state index in [2.05, 4.69) is 5.32 Å². The van der Waals surface area contributed by atoms with Crippen LogP contribution in [-0.2, 0) is 9.59 Å². The van der Waals surface area contributed by atoms with Crippen molar-refractivity contribution in [3.05, 3.63) is 24.3 Å². The van der Waals surface area contributed by atoms with E-state index < -0.39 is 5.97 Å². The number of hydrogen-bond donors (Lipinski definition) is 2. The number of anilines is 1. The smallest absolute Gasteiger partial charge is 0.303 e. The van der Waals surface area contributed by atoms with Gasteiger partial charge in [-0.15, -0.1) is 0 Å². The predicted molar refractivity (Wildman–Crippen MR) is 63.1 cm³/mol. The Morgan fingerprint density at radius 3 is 2.41 bits per heavy atom. The highest BCUT2D eigenvalue weighted by atomic mass is 16.5. The zero-order chi connectivity index (χ0) is 12.7. The number of aliphatic carboxylic acids is 1. The second kappa shape index (κ2) is 6.52. The minimum absolute atomic E-state index is 0.00995. The summed E-state index contributed by atoms with van der Waals surface area (Å²) in [6, 6.07) is 6.95. The van der Waals surface area contributed by atoms with Crippen molar-refractivity contribution in [3.63, 3.8) is 0 Å². The van der Waals surface area contributed by atoms with Crippen molar-refractivity contribution in [3.8, 4) is 5.75 Å². The van der Waals surface area contributed by atoms with Gasteiger partial charge in [-0.1, -0.05) is 0 Å². The molecule has 0 bridgehead atoms. The van der Waals surface area contributed by atoms with Crippen molar-refractivity contribution in [2.24, 2.45) is 0 Å². The van der Waals surface area contributed by atoms with Crippen LogP contribution in [0.25, 0.3) is 0 Å². The number of rotatable bonds is 6. The summed E-state index contributed by atoms with van der Waals surface area (Å²) in [5, 5.41) is 11.1. The summed E-state index contributed by atoms with van der Waals surface area (Å²) < 4.78 is 4.99. The molecule has 0 aliphatic carbocycles. The molecule has 1 aromatic rings. The third-order valence-corrected chi connectivity index (χ3v) is 2.17. The molecule has 0 spiro atoms. The van der Waals surface area contributed by atoms with Gasteiger partial charge in [0.25, 0.3) is 0 Å². The Bertz CT molecular complexity index is 386. The highest BCUT2D eigenvalue weighted by molar-refractivity contribution is 5.90. The first-order valence-corrected chi connectivity index (χ1v) is 5.27. The fourth-order valence-electron chi connectivity index (χ4n) is 1.30. The van der Waals surface area contributed by atoms with Crippen LogP contribution in [0.2, 0.25) is 0 Å². The number of carbonyl (C=O) groups excluding carboxylic acids is 1. The first kappa shape index (κ1) is 13.0. The van der Waals surface area contributed by atoms with Gasteiger partial charge in [0, 0.05) is 18.5 Å². The van der Waals surface area contributed by atoms with Crippen molar-refractivity contribution >= 4 is 17.6 Å². The van der Waals surface area contributed by atoms with Crippen molar-refractivity contribution in [1.29, 1.82) is 0 Å². The molecule has 0 unspecified atom stereocenters. The van der Waals surface area contributed by atoms with Crippen molar-refractivity contribution < 1.29 is 19.4 Å². The van der Waals surface area contributed by atoms with Crippen LogP contribution in [0.15, 0.2) is 24.3 Å². The van der Waals surface area contributed by atoms with Gasteiger partial charge in [-0.2, -0.15) is 0 Å². The van der Waals surface area contributed by atoms with E-state index in [4.69, 9.17) is 9.84 Å². The third kappa shape index (κ3) is 5.01. The fraction of sp³-hybridized carbons (Fsp3) is 0.333. The fourth-order valence-corrected chi connectivity index (χ4v) is 1.30. The molecule has 0 radical (unpaired) electrons. The number of methoxy groups -OCH3 is 1. The number of ether oxygens (including phenoxy) is 1. The lowest BCUT2D eigenvalue weighted by Gasteiger charge is -2.05. The third-order valence-electron chi connectivity index (χ3n) is 2.17. The van der Waals surface area contributed by atoms with Crippen LogP contribution >= 0.6 is 0 Å². The molecule has 0 heterocycles. The Balaban J connectivity index is 2.37. The lowest BCUT2D eigenvalue weighted by Crippen LogP contribution is -2.11. The quantitative estimate of drug-likeness (QED) is 0.792. The summed E-state index contributed by atoms with van der Waals surface area (Å²) in [4.78, 5) is 21.7. The molecule has 5 heteroatoms. The van der Waals surface area contributed by atoms with Gasteiger partial charge >= 0.3 is 5.97 Å². The van der Waals surface area contributed by atoms with Gasteiger partial charge in [-0.05, 0) is 30.7 Å². The first-order valence-electron chi connectivity index (χ1n) is 5.27. The van der Waals surface area contributed by atoms with Gasteiger partial charge in [-0.3, -0.25) is 9.59 Å². The zero-order valence-electron chi connectivity index (χ0n) is 9.60. The SMILES string of the molecule is COc1ccc(NC(=O)CCCC(=O)O)cc1. The first-order chi connectivity index (χ1) is 8.11. The summed E-state index contributed by atoms with van der Waals surface area (Å²) in [5.74, 6) is -0.354. The largest absolute Gasteiger partial charge is 0.497 e. The van der Waals surface area contributed by atoms with Crippen LogP contribution in [-0.4, -0.2) is 24.1 Å². The van der Waals surface area contributed by atoms with E-state index >= 15 is 0 Å². The number of carbonyl (C=O) groups is 2. The van der Waals surface area contributed by atoms with Gasteiger partial charge in [-0.25, -0.2) is 0 Å². The Morgan fingerprint density at radius 1 is 1.24 bits per heavy atom. The van der Waals surface area contributed by atoms with Gasteiger partial charge in [0.05, 0.1) is 7.11 Å². The van der Waals surface area contributed by atoms with Crippen LogP contribution in [0.3, 0.4) is 0 Å². The van der Waals surface area contributed by atoms with E-state index in [0.29, 0.717) is 17.9 Å². The number of carboxylic acid groups (broad SMARTS) is 1. The van der Waals surface area contributed by atoms with Gasteiger partial charge in [0.15, 0.2) is 0 Å². The summed E-state index contributed by atoms with van der Waals surface area (Å²) in [5.41, 5.74) is 0.672. The lowest BCUT2D eigenvalue weighted by molar-refractivity contribution is -0.137. The zero-order valence-corrected chi connectivity index (χ0v) is 9.60. The van der Waals surface area contributed by atoms with Crippen molar-refractivity contribution in [2.45, 2.75) is 19.3 Å². The molecule has 2 N–H and O–H groups in total. The topological polar surface area (TPSA) is 75.6 Å². The van der Waals surface area contributed by atoms with Crippen LogP contribution in [0.5, 0.6) is 5.75 Å². The number of amides is 1. The predicted octanol–water partition coefficient (Wildman–Crippen LogP) is 1.89. The van der Waals surface area contributed by atoms with E-state index in [0.717, 1.165) is 0 Å². The number of hydrogen-bond acceptors (Lipinski definition) is 3. The molecule has 1 amide bonds. The highest BCUT2D eigenvalue weighted by Gasteiger charge is 2.04. The molecule has 1 aromatic carbocycles. The molecule has 1 rings (SSSR count). The van der Waals surface area contributed by atoms with Gasteiger partial charge in [0.2, 0.25) is 5.91 Å². The maximum Gasteiger partial charge on any atom is 0.303 e. The average Bonchev–Trinajstić information content (AvgIpc) is 2.29. The van der Waals surface area contributed by atoms with Crippen molar-refractivity contribution in [1.82, 2.24) is 0 Å². The monoisotopic (exact) mass is 237 g/mol. The summed E-state index contributed by atoms with van der Waals surface area (Å²) >= 11 is 0. The van der Waals surface area contributed by atoms with Gasteiger partial charge in [0.1, 0.15) is 5.75 Å².